The molecule has 12 heavy (non-hydrogen) atoms. The van der Waals surface area contributed by atoms with Gasteiger partial charge in [0.2, 0.25) is 0 Å². The Morgan fingerprint density at radius 3 is 2.75 bits per heavy atom. The molecule has 1 aromatic carbocycles. The number of nitriles is 1. The number of nitrogens with zero attached hydrogens (tertiary/aromatic N) is 1. The molecule has 0 amide bonds. The molecule has 0 unspecified atom stereocenters. The van der Waals surface area contributed by atoms with Gasteiger partial charge in [0.25, 0.3) is 0 Å². The molecule has 0 spiro atoms. The highest BCUT2D eigenvalue weighted by molar-refractivity contribution is 5.21. The standard InChI is InChI=1S/C10H9NO/c11-8-4-5-9-12-10-6-2-1-3-7-10/h1-3,5-7,9H,4H2/b9-5-. The van der Waals surface area contributed by atoms with Crippen LogP contribution in [0.2, 0.25) is 0 Å². The van der Waals surface area contributed by atoms with Gasteiger partial charge >= 0.3 is 0 Å². The second kappa shape index (κ2) is 4.97. The molecule has 0 bridgehead atoms. The maximum Gasteiger partial charge on any atom is 0.126 e. The first-order valence-corrected chi connectivity index (χ1v) is 3.67. The first-order valence-electron chi connectivity index (χ1n) is 3.67. The van der Waals surface area contributed by atoms with Gasteiger partial charge < -0.3 is 4.74 Å². The first kappa shape index (κ1) is 8.35. The summed E-state index contributed by atoms with van der Waals surface area (Å²) in [5.74, 6) is 0.784. The number of allylic oxidation sites excluding steroid dienone is 1. The molecule has 0 saturated carbocycles. The molecule has 0 aliphatic carbocycles. The van der Waals surface area contributed by atoms with Crippen LogP contribution < -0.4 is 4.74 Å². The molecule has 0 aliphatic rings. The lowest BCUT2D eigenvalue weighted by molar-refractivity contribution is 0.479. The molecule has 0 radical (unpaired) electrons. The SMILES string of the molecule is N#CC/C=C\Oc1ccccc1. The Morgan fingerprint density at radius 1 is 1.33 bits per heavy atom. The molecule has 60 valence electrons. The van der Waals surface area contributed by atoms with E-state index >= 15 is 0 Å². The van der Waals surface area contributed by atoms with E-state index in [0.717, 1.165) is 5.75 Å². The highest BCUT2D eigenvalue weighted by atomic mass is 16.5. The van der Waals surface area contributed by atoms with Gasteiger partial charge in [0.05, 0.1) is 18.8 Å². The van der Waals surface area contributed by atoms with E-state index in [2.05, 4.69) is 0 Å². The van der Waals surface area contributed by atoms with Crippen LogP contribution in [-0.4, -0.2) is 0 Å². The van der Waals surface area contributed by atoms with Gasteiger partial charge in [-0.25, -0.2) is 0 Å². The Labute approximate surface area is 71.7 Å². The molecule has 1 rings (SSSR count). The lowest BCUT2D eigenvalue weighted by Crippen LogP contribution is -1.79. The Balaban J connectivity index is 2.39. The maximum atomic E-state index is 8.21. The number of hydrogen-bond donors (Lipinski definition) is 0. The largest absolute Gasteiger partial charge is 0.465 e. The van der Waals surface area contributed by atoms with Gasteiger partial charge in [0.15, 0.2) is 0 Å². The zero-order valence-electron chi connectivity index (χ0n) is 6.60. The lowest BCUT2D eigenvalue weighted by atomic mass is 10.3. The summed E-state index contributed by atoms with van der Waals surface area (Å²) in [4.78, 5) is 0. The molecule has 0 aromatic heterocycles. The number of ether oxygens (including phenoxy) is 1. The fourth-order valence-corrected chi connectivity index (χ4v) is 0.727. The molecule has 0 fully saturated rings. The van der Waals surface area contributed by atoms with Gasteiger partial charge in [-0.2, -0.15) is 5.26 Å². The van der Waals surface area contributed by atoms with Crippen molar-refractivity contribution in [1.29, 1.82) is 5.26 Å². The maximum absolute atomic E-state index is 8.21. The van der Waals surface area contributed by atoms with Crippen LogP contribution in [0, 0.1) is 11.3 Å². The van der Waals surface area contributed by atoms with Crippen molar-refractivity contribution in [1.82, 2.24) is 0 Å². The topological polar surface area (TPSA) is 33.0 Å². The van der Waals surface area contributed by atoms with Crippen LogP contribution >= 0.6 is 0 Å². The van der Waals surface area contributed by atoms with Crippen molar-refractivity contribution in [2.75, 3.05) is 0 Å². The smallest absolute Gasteiger partial charge is 0.126 e. The third-order valence-corrected chi connectivity index (χ3v) is 1.25. The summed E-state index contributed by atoms with van der Waals surface area (Å²) >= 11 is 0. The fraction of sp³-hybridized carbons (Fsp3) is 0.100. The highest BCUT2D eigenvalue weighted by Gasteiger charge is 1.84. The van der Waals surface area contributed by atoms with Gasteiger partial charge in [0, 0.05) is 0 Å². The van der Waals surface area contributed by atoms with Crippen LogP contribution in [0.5, 0.6) is 5.75 Å². The van der Waals surface area contributed by atoms with Crippen LogP contribution in [0.4, 0.5) is 0 Å². The predicted octanol–water partition coefficient (Wildman–Crippen LogP) is 2.49. The average Bonchev–Trinajstić information content (AvgIpc) is 2.14. The van der Waals surface area contributed by atoms with Crippen molar-refractivity contribution in [3.63, 3.8) is 0 Å². The van der Waals surface area contributed by atoms with Gasteiger partial charge in [-0.1, -0.05) is 18.2 Å². The molecule has 0 aliphatic heterocycles. The van der Waals surface area contributed by atoms with Gasteiger partial charge in [-0.05, 0) is 18.2 Å². The fourth-order valence-electron chi connectivity index (χ4n) is 0.727. The Bertz CT molecular complexity index is 284. The van der Waals surface area contributed by atoms with Gasteiger partial charge in [0.1, 0.15) is 5.75 Å². The number of benzene rings is 1. The van der Waals surface area contributed by atoms with Crippen LogP contribution in [0.1, 0.15) is 6.42 Å². The van der Waals surface area contributed by atoms with E-state index in [0.29, 0.717) is 6.42 Å². The van der Waals surface area contributed by atoms with Crippen molar-refractivity contribution >= 4 is 0 Å². The van der Waals surface area contributed by atoms with Crippen LogP contribution in [0.3, 0.4) is 0 Å². The lowest BCUT2D eigenvalue weighted by Gasteiger charge is -1.96. The van der Waals surface area contributed by atoms with E-state index in [1.165, 1.54) is 6.26 Å². The van der Waals surface area contributed by atoms with Gasteiger partial charge in [-0.3, -0.25) is 0 Å². The molecule has 0 saturated heterocycles. The molecule has 0 N–H and O–H groups in total. The molecule has 2 nitrogen and oxygen atoms in total. The third-order valence-electron chi connectivity index (χ3n) is 1.25. The minimum absolute atomic E-state index is 0.382. The quantitative estimate of drug-likeness (QED) is 0.635. The van der Waals surface area contributed by atoms with Crippen molar-refractivity contribution in [2.24, 2.45) is 0 Å². The van der Waals surface area contributed by atoms with Crippen LogP contribution in [0.15, 0.2) is 42.7 Å². The van der Waals surface area contributed by atoms with Crippen molar-refractivity contribution < 1.29 is 4.74 Å². The third kappa shape index (κ3) is 2.89. The van der Waals surface area contributed by atoms with Gasteiger partial charge in [-0.15, -0.1) is 0 Å². The van der Waals surface area contributed by atoms with Crippen molar-refractivity contribution in [3.8, 4) is 11.8 Å². The summed E-state index contributed by atoms with van der Waals surface area (Å²) in [7, 11) is 0. The number of hydrogen-bond acceptors (Lipinski definition) is 2. The molecule has 1 aromatic rings. The highest BCUT2D eigenvalue weighted by Crippen LogP contribution is 2.08. The summed E-state index contributed by atoms with van der Waals surface area (Å²) in [5, 5.41) is 8.21. The zero-order valence-corrected chi connectivity index (χ0v) is 6.60. The first-order chi connectivity index (χ1) is 5.93. The summed E-state index contributed by atoms with van der Waals surface area (Å²) in [5.41, 5.74) is 0. The Morgan fingerprint density at radius 2 is 2.08 bits per heavy atom. The molecule has 0 atom stereocenters. The average molecular weight is 159 g/mol. The van der Waals surface area contributed by atoms with E-state index in [1.807, 2.05) is 36.4 Å². The second-order valence-corrected chi connectivity index (χ2v) is 2.16. The number of para-hydroxylation sites is 1. The van der Waals surface area contributed by atoms with E-state index < -0.39 is 0 Å². The monoisotopic (exact) mass is 159 g/mol. The van der Waals surface area contributed by atoms with Crippen LogP contribution in [0.25, 0.3) is 0 Å². The Hall–Kier alpha value is -1.75. The minimum atomic E-state index is 0.382. The van der Waals surface area contributed by atoms with E-state index in [1.54, 1.807) is 6.08 Å². The van der Waals surface area contributed by atoms with Crippen molar-refractivity contribution in [3.05, 3.63) is 42.7 Å². The van der Waals surface area contributed by atoms with E-state index in [9.17, 15) is 0 Å². The number of rotatable bonds is 3. The predicted molar refractivity (Wildman–Crippen MR) is 46.4 cm³/mol. The normalized spacial score (nSPS) is 9.58. The molecular formula is C10H9NO. The Kier molecular flexibility index (Phi) is 3.46. The second-order valence-electron chi connectivity index (χ2n) is 2.16. The molecule has 2 heteroatoms. The summed E-state index contributed by atoms with van der Waals surface area (Å²) in [6.07, 6.45) is 3.58. The van der Waals surface area contributed by atoms with Crippen LogP contribution in [-0.2, 0) is 0 Å². The zero-order chi connectivity index (χ0) is 8.65. The summed E-state index contributed by atoms with van der Waals surface area (Å²) < 4.78 is 5.18. The molecular weight excluding hydrogens is 150 g/mol. The van der Waals surface area contributed by atoms with Crippen molar-refractivity contribution in [2.45, 2.75) is 6.42 Å². The summed E-state index contributed by atoms with van der Waals surface area (Å²) in [6, 6.07) is 11.4. The minimum Gasteiger partial charge on any atom is -0.465 e. The molecule has 0 heterocycles. The van der Waals surface area contributed by atoms with E-state index in [-0.39, 0.29) is 0 Å². The van der Waals surface area contributed by atoms with E-state index in [4.69, 9.17) is 10.00 Å². The summed E-state index contributed by atoms with van der Waals surface area (Å²) in [6.45, 7) is 0.